The summed E-state index contributed by atoms with van der Waals surface area (Å²) in [6.07, 6.45) is 17.3. The maximum absolute atomic E-state index is 12.4. The van der Waals surface area contributed by atoms with Gasteiger partial charge in [-0.2, -0.15) is 8.42 Å². The molecule has 0 heterocycles. The minimum Gasteiger partial charge on any atom is -0.462 e. The Hall–Kier alpha value is -1.93. The van der Waals surface area contributed by atoms with Gasteiger partial charge in [-0.25, -0.2) is 9.59 Å². The Labute approximate surface area is 205 Å². The van der Waals surface area contributed by atoms with Gasteiger partial charge in [-0.1, -0.05) is 103 Å². The molecule has 0 aliphatic rings. The van der Waals surface area contributed by atoms with Crippen LogP contribution in [0.1, 0.15) is 124 Å². The minimum absolute atomic E-state index is 0.000372. The van der Waals surface area contributed by atoms with Gasteiger partial charge in [-0.3, -0.25) is 4.55 Å². The zero-order valence-electron chi connectivity index (χ0n) is 20.8. The third-order valence-electron chi connectivity index (χ3n) is 5.79. The molecule has 1 rings (SSSR count). The lowest BCUT2D eigenvalue weighted by atomic mass is 10.0. The Bertz CT molecular complexity index is 820. The smallest absolute Gasteiger partial charge is 0.340 e. The van der Waals surface area contributed by atoms with Crippen LogP contribution >= 0.6 is 0 Å². The van der Waals surface area contributed by atoms with E-state index in [-0.39, 0.29) is 17.7 Å². The summed E-state index contributed by atoms with van der Waals surface area (Å²) in [5.41, 5.74) is -1.84. The summed E-state index contributed by atoms with van der Waals surface area (Å²) in [4.78, 5) is 24.6. The lowest BCUT2D eigenvalue weighted by Gasteiger charge is -2.12. The molecule has 1 aromatic rings. The molecule has 0 fully saturated rings. The van der Waals surface area contributed by atoms with Crippen LogP contribution in [0.15, 0.2) is 24.3 Å². The van der Waals surface area contributed by atoms with Gasteiger partial charge in [0, 0.05) is 0 Å². The van der Waals surface area contributed by atoms with Crippen LogP contribution in [0.4, 0.5) is 0 Å². The second-order valence-corrected chi connectivity index (χ2v) is 10.5. The molecule has 8 heteroatoms. The normalized spacial score (nSPS) is 12.3. The molecule has 1 aromatic carbocycles. The molecule has 0 aromatic heterocycles. The van der Waals surface area contributed by atoms with E-state index in [0.29, 0.717) is 0 Å². The first-order chi connectivity index (χ1) is 16.3. The van der Waals surface area contributed by atoms with Gasteiger partial charge in [0.15, 0.2) is 0 Å². The molecule has 194 valence electrons. The van der Waals surface area contributed by atoms with E-state index < -0.39 is 27.5 Å². The molecular formula is C26H42O7S. The highest BCUT2D eigenvalue weighted by Gasteiger charge is 2.25. The highest BCUT2D eigenvalue weighted by atomic mass is 32.2. The Morgan fingerprint density at radius 2 is 1.18 bits per heavy atom. The van der Waals surface area contributed by atoms with Crippen molar-refractivity contribution in [2.75, 3.05) is 6.61 Å². The summed E-state index contributed by atoms with van der Waals surface area (Å²) in [7, 11) is -4.54. The molecule has 0 amide bonds. The molecule has 0 saturated heterocycles. The Morgan fingerprint density at radius 3 is 1.62 bits per heavy atom. The second-order valence-electron chi connectivity index (χ2n) is 8.77. The van der Waals surface area contributed by atoms with Gasteiger partial charge in [0.2, 0.25) is 5.44 Å². The topological polar surface area (TPSA) is 107 Å². The summed E-state index contributed by atoms with van der Waals surface area (Å²) < 4.78 is 41.1. The Balaban J connectivity index is 2.18. The molecule has 1 N–H and O–H groups in total. The first kappa shape index (κ1) is 30.1. The fourth-order valence-electron chi connectivity index (χ4n) is 3.65. The molecule has 0 aliphatic heterocycles. The lowest BCUT2D eigenvalue weighted by molar-refractivity contribution is 0.0425. The zero-order valence-corrected chi connectivity index (χ0v) is 21.6. The number of hydrogen-bond acceptors (Lipinski definition) is 6. The van der Waals surface area contributed by atoms with Crippen molar-refractivity contribution in [3.8, 4) is 0 Å². The van der Waals surface area contributed by atoms with Crippen LogP contribution in [0.5, 0.6) is 0 Å². The van der Waals surface area contributed by atoms with Crippen LogP contribution in [0.25, 0.3) is 0 Å². The molecular weight excluding hydrogens is 456 g/mol. The lowest BCUT2D eigenvalue weighted by Crippen LogP contribution is -2.25. The standard InChI is InChI=1S/C26H42O7S/c1-3-4-5-6-7-8-9-10-11-12-13-14-15-18-21-32-25(27)23-19-16-17-20-24(23)26(28)33-22(2)34(29,30)31/h16-17,19-20,22H,3-15,18,21H2,1-2H3,(H,29,30,31). The first-order valence-corrected chi connectivity index (χ1v) is 14.2. The van der Waals surface area contributed by atoms with E-state index in [4.69, 9.17) is 14.0 Å². The van der Waals surface area contributed by atoms with E-state index >= 15 is 0 Å². The largest absolute Gasteiger partial charge is 0.462 e. The van der Waals surface area contributed by atoms with Gasteiger partial charge in [0.25, 0.3) is 0 Å². The van der Waals surface area contributed by atoms with E-state index in [9.17, 15) is 18.0 Å². The first-order valence-electron chi connectivity index (χ1n) is 12.7. The second kappa shape index (κ2) is 17.5. The molecule has 1 atom stereocenters. The van der Waals surface area contributed by atoms with Crippen molar-refractivity contribution in [2.24, 2.45) is 0 Å². The van der Waals surface area contributed by atoms with Crippen molar-refractivity contribution in [3.05, 3.63) is 35.4 Å². The van der Waals surface area contributed by atoms with Crippen LogP contribution in [-0.2, 0) is 19.6 Å². The SMILES string of the molecule is CCCCCCCCCCCCCCCCOC(=O)c1ccccc1C(=O)OC(C)S(=O)(=O)O. The van der Waals surface area contributed by atoms with Gasteiger partial charge >= 0.3 is 22.1 Å². The molecule has 0 spiro atoms. The van der Waals surface area contributed by atoms with Gasteiger partial charge < -0.3 is 9.47 Å². The summed E-state index contributed by atoms with van der Waals surface area (Å²) in [6, 6.07) is 5.87. The molecule has 7 nitrogen and oxygen atoms in total. The van der Waals surface area contributed by atoms with Gasteiger partial charge in [-0.15, -0.1) is 0 Å². The average Bonchev–Trinajstić information content (AvgIpc) is 2.80. The highest BCUT2D eigenvalue weighted by molar-refractivity contribution is 7.86. The van der Waals surface area contributed by atoms with Crippen LogP contribution < -0.4 is 0 Å². The van der Waals surface area contributed by atoms with Crippen LogP contribution in [-0.4, -0.2) is 37.0 Å². The summed E-state index contributed by atoms with van der Waals surface area (Å²) in [6.45, 7) is 3.53. The molecule has 0 radical (unpaired) electrons. The Morgan fingerprint density at radius 1 is 0.765 bits per heavy atom. The summed E-state index contributed by atoms with van der Waals surface area (Å²) in [5.74, 6) is -1.68. The fraction of sp³-hybridized carbons (Fsp3) is 0.692. The van der Waals surface area contributed by atoms with Crippen molar-refractivity contribution >= 4 is 22.1 Å². The van der Waals surface area contributed by atoms with E-state index in [1.807, 2.05) is 0 Å². The number of rotatable bonds is 19. The number of benzene rings is 1. The average molecular weight is 499 g/mol. The van der Waals surface area contributed by atoms with Crippen molar-refractivity contribution in [2.45, 2.75) is 109 Å². The van der Waals surface area contributed by atoms with Crippen LogP contribution in [0, 0.1) is 0 Å². The van der Waals surface area contributed by atoms with Gasteiger partial charge in [-0.05, 0) is 25.5 Å². The van der Waals surface area contributed by atoms with Gasteiger partial charge in [0.1, 0.15) is 0 Å². The van der Waals surface area contributed by atoms with Crippen LogP contribution in [0.3, 0.4) is 0 Å². The molecule has 0 saturated carbocycles. The van der Waals surface area contributed by atoms with E-state index in [1.165, 1.54) is 88.8 Å². The number of carbonyl (C=O) groups excluding carboxylic acids is 2. The number of unbranched alkanes of at least 4 members (excludes halogenated alkanes) is 13. The third-order valence-corrected chi connectivity index (χ3v) is 6.73. The molecule has 34 heavy (non-hydrogen) atoms. The highest BCUT2D eigenvalue weighted by Crippen LogP contribution is 2.16. The minimum atomic E-state index is -4.54. The Kier molecular flexibility index (Phi) is 15.5. The van der Waals surface area contributed by atoms with E-state index in [0.717, 1.165) is 26.2 Å². The molecule has 0 aliphatic carbocycles. The van der Waals surface area contributed by atoms with Gasteiger partial charge in [0.05, 0.1) is 17.7 Å². The van der Waals surface area contributed by atoms with Crippen molar-refractivity contribution < 1.29 is 32.0 Å². The number of hydrogen-bond donors (Lipinski definition) is 1. The maximum Gasteiger partial charge on any atom is 0.340 e. The number of esters is 2. The zero-order chi connectivity index (χ0) is 25.2. The monoisotopic (exact) mass is 498 g/mol. The predicted octanol–water partition coefficient (Wildman–Crippen LogP) is 6.72. The predicted molar refractivity (Wildman–Crippen MR) is 133 cm³/mol. The fourth-order valence-corrected chi connectivity index (χ4v) is 3.86. The summed E-state index contributed by atoms with van der Waals surface area (Å²) in [5, 5.41) is 0. The third kappa shape index (κ3) is 13.1. The quantitative estimate of drug-likeness (QED) is 0.128. The van der Waals surface area contributed by atoms with E-state index in [1.54, 1.807) is 6.07 Å². The van der Waals surface area contributed by atoms with E-state index in [2.05, 4.69) is 6.92 Å². The van der Waals surface area contributed by atoms with Crippen LogP contribution in [0.2, 0.25) is 0 Å². The molecule has 0 bridgehead atoms. The number of ether oxygens (including phenoxy) is 2. The van der Waals surface area contributed by atoms with Crippen molar-refractivity contribution in [3.63, 3.8) is 0 Å². The molecule has 1 unspecified atom stereocenters. The van der Waals surface area contributed by atoms with Crippen molar-refractivity contribution in [1.82, 2.24) is 0 Å². The maximum atomic E-state index is 12.4. The summed E-state index contributed by atoms with van der Waals surface area (Å²) >= 11 is 0. The number of carbonyl (C=O) groups is 2. The van der Waals surface area contributed by atoms with Crippen molar-refractivity contribution in [1.29, 1.82) is 0 Å².